The van der Waals surface area contributed by atoms with Gasteiger partial charge in [-0.15, -0.1) is 5.10 Å². The lowest BCUT2D eigenvalue weighted by Crippen LogP contribution is -2.64. The fourth-order valence-corrected chi connectivity index (χ4v) is 16.3. The molecule has 6 aromatic rings. The van der Waals surface area contributed by atoms with E-state index in [1.807, 2.05) is 41.0 Å². The Labute approximate surface area is 670 Å². The molecule has 0 spiro atoms. The van der Waals surface area contributed by atoms with Crippen LogP contribution in [0, 0.1) is 5.82 Å². The summed E-state index contributed by atoms with van der Waals surface area (Å²) in [5.74, 6) is -5.86. The van der Waals surface area contributed by atoms with Gasteiger partial charge in [0, 0.05) is 98.4 Å². The molecule has 0 aliphatic carbocycles. The number of carbonyl (C=O) groups is 10. The van der Waals surface area contributed by atoms with E-state index >= 15 is 28.4 Å². The minimum Gasteiger partial charge on any atom is -0.497 e. The molecule has 0 unspecified atom stereocenters. The number of aliphatic hydroxyl groups excluding tert-OH is 1. The Balaban J connectivity index is 0.990. The monoisotopic (exact) mass is 1610 g/mol. The summed E-state index contributed by atoms with van der Waals surface area (Å²) in [5, 5.41) is 43.8. The lowest BCUT2D eigenvalue weighted by Gasteiger charge is -2.37. The van der Waals surface area contributed by atoms with E-state index < -0.39 is 125 Å². The number of hydrogen-bond acceptors (Lipinski definition) is 19. The molecule has 2 fully saturated rings. The second-order valence-corrected chi connectivity index (χ2v) is 32.9. The maximum absolute atomic E-state index is 16.2. The third kappa shape index (κ3) is 22.8. The number of ether oxygens (including phenoxy) is 4. The first-order valence-corrected chi connectivity index (χ1v) is 41.1. The van der Waals surface area contributed by atoms with Crippen LogP contribution in [0.25, 0.3) is 16.6 Å². The normalized spacial score (nSPS) is 24.4. The molecule has 0 saturated carbocycles. The Bertz CT molecular complexity index is 4480. The van der Waals surface area contributed by atoms with Crippen LogP contribution in [0.3, 0.4) is 0 Å². The van der Waals surface area contributed by atoms with Crippen LogP contribution < -0.4 is 47.3 Å². The molecule has 0 radical (unpaired) electrons. The van der Waals surface area contributed by atoms with E-state index in [4.69, 9.17) is 18.9 Å². The van der Waals surface area contributed by atoms with Crippen LogP contribution in [0.15, 0.2) is 109 Å². The molecule has 7 heterocycles. The maximum atomic E-state index is 16.2. The number of fused-ring (bicyclic) bond motifs is 8. The van der Waals surface area contributed by atoms with Gasteiger partial charge < -0.3 is 85.4 Å². The summed E-state index contributed by atoms with van der Waals surface area (Å²) in [6.45, 7) is 6.12. The van der Waals surface area contributed by atoms with Crippen molar-refractivity contribution in [1.82, 2.24) is 71.9 Å². The first kappa shape index (κ1) is 85.1. The summed E-state index contributed by atoms with van der Waals surface area (Å²) < 4.78 is 43.4. The van der Waals surface area contributed by atoms with Gasteiger partial charge in [0.2, 0.25) is 59.1 Å². The van der Waals surface area contributed by atoms with Gasteiger partial charge in [-0.25, -0.2) is 9.07 Å². The fourth-order valence-electron chi connectivity index (χ4n) is 14.6. The Morgan fingerprint density at radius 1 is 0.763 bits per heavy atom. The number of aromatic nitrogens is 4. The molecule has 114 heavy (non-hydrogen) atoms. The highest BCUT2D eigenvalue weighted by molar-refractivity contribution is 7.98. The molecule has 2 saturated heterocycles. The van der Waals surface area contributed by atoms with Gasteiger partial charge in [-0.2, -0.15) is 23.5 Å². The fraction of sp³-hybridized carbons (Fsp3) is 0.506. The van der Waals surface area contributed by atoms with Gasteiger partial charge in [0.05, 0.1) is 91.9 Å². The Morgan fingerprint density at radius 3 is 2.25 bits per heavy atom. The molecular weight excluding hydrogens is 1510 g/mol. The molecule has 612 valence electrons. The highest BCUT2D eigenvalue weighted by Gasteiger charge is 2.50. The molecule has 10 atom stereocenters. The average molecular weight is 1610 g/mol. The van der Waals surface area contributed by atoms with E-state index in [0.29, 0.717) is 94.5 Å². The topological polar surface area (TPSA) is 366 Å². The summed E-state index contributed by atoms with van der Waals surface area (Å²) in [5.41, 5.74) is 4.35. The minimum absolute atomic E-state index is 0.0377. The quantitative estimate of drug-likeness (QED) is 0.0405. The largest absolute Gasteiger partial charge is 0.497 e. The van der Waals surface area contributed by atoms with Crippen molar-refractivity contribution >= 4 is 93.5 Å². The molecule has 9 N–H and O–H groups in total. The predicted molar refractivity (Wildman–Crippen MR) is 426 cm³/mol. The number of hydrogen-bond donors (Lipinski definition) is 9. The number of thioether (sulfide) groups is 2. The number of benzene rings is 4. The highest BCUT2D eigenvalue weighted by Crippen LogP contribution is 2.33. The lowest BCUT2D eigenvalue weighted by atomic mass is 9.95. The van der Waals surface area contributed by atoms with Crippen LogP contribution in [0.2, 0.25) is 0 Å². The van der Waals surface area contributed by atoms with Crippen molar-refractivity contribution in [2.75, 3.05) is 106 Å². The molecule has 4 aromatic carbocycles. The molecule has 30 nitrogen and oxygen atoms in total. The van der Waals surface area contributed by atoms with Crippen molar-refractivity contribution in [3.05, 3.63) is 154 Å². The second kappa shape index (κ2) is 39.5. The van der Waals surface area contributed by atoms with Crippen LogP contribution in [0.1, 0.15) is 91.9 Å². The minimum atomic E-state index is -1.78. The number of quaternary nitrogens is 1. The molecule has 14 bridgehead atoms. The Kier molecular flexibility index (Phi) is 29.5. The van der Waals surface area contributed by atoms with Gasteiger partial charge in [-0.05, 0) is 122 Å². The van der Waals surface area contributed by atoms with Gasteiger partial charge in [-0.3, -0.25) is 47.9 Å². The van der Waals surface area contributed by atoms with E-state index in [-0.39, 0.29) is 96.8 Å². The summed E-state index contributed by atoms with van der Waals surface area (Å²) in [6, 6.07) is 13.6. The molecule has 2 aromatic heterocycles. The van der Waals surface area contributed by atoms with Crippen molar-refractivity contribution in [1.29, 1.82) is 0 Å². The van der Waals surface area contributed by atoms with Gasteiger partial charge in [-0.1, -0.05) is 59.8 Å². The van der Waals surface area contributed by atoms with Gasteiger partial charge in [0.15, 0.2) is 0 Å². The first-order valence-electron chi connectivity index (χ1n) is 38.8. The van der Waals surface area contributed by atoms with Crippen LogP contribution >= 0.6 is 23.5 Å². The second-order valence-electron chi connectivity index (χ2n) is 30.7. The van der Waals surface area contributed by atoms with Crippen molar-refractivity contribution < 1.29 is 80.9 Å². The number of likely N-dealkylation sites (N-methyl/N-ethyl adjacent to an activating group) is 1. The van der Waals surface area contributed by atoms with Crippen molar-refractivity contribution in [3.63, 3.8) is 0 Å². The highest BCUT2D eigenvalue weighted by atomic mass is 32.2. The Morgan fingerprint density at radius 2 is 1.50 bits per heavy atom. The van der Waals surface area contributed by atoms with Crippen molar-refractivity contribution in [3.8, 4) is 11.4 Å². The van der Waals surface area contributed by atoms with Gasteiger partial charge in [0.1, 0.15) is 71.6 Å². The van der Waals surface area contributed by atoms with E-state index in [0.717, 1.165) is 27.7 Å². The zero-order valence-corrected chi connectivity index (χ0v) is 67.2. The first-order chi connectivity index (χ1) is 54.7. The molecule has 11 rings (SSSR count). The summed E-state index contributed by atoms with van der Waals surface area (Å²) in [4.78, 5) is 152. The molecular formula is C81H105FN15O15S2+. The average Bonchev–Trinajstić information content (AvgIpc) is 1.64. The standard InChI is InChI=1S/C81H104FN15O15S2/c1-50-73(101)87-63-41-54-14-10-13-52(36-54)12-8-9-29-112-68-21-27-94-72(68)77(105)90-71(51(2)98)76(104)89-64(40-53-15-18-61(109-7)19-16-53)79(107)95-26-11-24-81(95,3)80(108)83-25-35-114-49-56-37-55(48-113-34-23-70(100)86-66(75(103)85-50)44-84-69(99)22-30-110-32-33-111-31-28-97(4,5)6)38-60(39-56)96-47-59(91-92-96)46-93-45-57(42-65(78(94)106)88-74(63)102)62-43-58(82)17-20-67(62)93/h8-10,13-20,36-39,43,45,47,50-51,63-66,68,71-72,98H,11-12,21-35,40-42,44,46,48-49H2,1-7H3,(H7-,83,84,85,86,87,88,89,90,99,100,101,102,103,104,105,108)/p+1/b9-8+/t50-,51-,63+,64+,65-,66+,68+,71+,72+,81+/m1/s1. The summed E-state index contributed by atoms with van der Waals surface area (Å²) in [6.07, 6.45) is 4.72. The van der Waals surface area contributed by atoms with E-state index in [1.165, 1.54) is 54.7 Å². The van der Waals surface area contributed by atoms with Gasteiger partial charge >= 0.3 is 0 Å². The third-order valence-corrected chi connectivity index (χ3v) is 23.0. The van der Waals surface area contributed by atoms with Crippen molar-refractivity contribution in [2.24, 2.45) is 0 Å². The Hall–Kier alpha value is -9.77. The summed E-state index contributed by atoms with van der Waals surface area (Å²) >= 11 is 3.00. The molecule has 33 heteroatoms. The number of nitrogens with one attached hydrogen (secondary N) is 8. The van der Waals surface area contributed by atoms with E-state index in [2.05, 4.69) is 74.0 Å². The zero-order chi connectivity index (χ0) is 81.2. The number of aliphatic hydroxyl groups is 1. The maximum Gasteiger partial charge on any atom is 0.246 e. The number of amides is 10. The molecule has 5 aliphatic heterocycles. The molecule has 10 amide bonds. The van der Waals surface area contributed by atoms with E-state index in [9.17, 15) is 29.1 Å². The lowest BCUT2D eigenvalue weighted by molar-refractivity contribution is -0.870. The summed E-state index contributed by atoms with van der Waals surface area (Å²) in [7, 11) is 7.68. The number of methoxy groups -OCH3 is 1. The van der Waals surface area contributed by atoms with Crippen LogP contribution in [0.5, 0.6) is 5.75 Å². The van der Waals surface area contributed by atoms with Crippen LogP contribution in [0.4, 0.5) is 4.39 Å². The smallest absolute Gasteiger partial charge is 0.246 e. The van der Waals surface area contributed by atoms with Gasteiger partial charge in [0.25, 0.3) is 0 Å². The number of nitrogens with zero attached hydrogens (tertiary/aromatic N) is 7. The number of allylic oxidation sites excluding steroid dienone is 1. The molecule has 5 aliphatic rings. The van der Waals surface area contributed by atoms with Crippen LogP contribution in [-0.2, 0) is 106 Å². The van der Waals surface area contributed by atoms with Crippen LogP contribution in [-0.4, -0.2) is 264 Å². The van der Waals surface area contributed by atoms with Crippen molar-refractivity contribution in [2.45, 2.75) is 157 Å². The number of rotatable bonds is 15. The SMILES string of the molecule is COc1ccc(C[C@@H]2NC(=O)[C@H]([C@@H](C)O)NC(=O)[C@@H]3[C@@H]4CCN3C(=O)[C@H]3Cc5cn(c6ccc(F)cc56)Cc5cn(nn5)-c5cc(cc(c5)CSCCC(=O)N[C@@H](CNC(=O)CCOCCOCC[N+](C)(C)C)C(=O)N[C@H](C)C(=O)N[C@@H](Cc5cccc(c5)C/C=C/CO4)C(=O)N3)CSCCNC(=O)[C@]3(C)CCCN3C2=O)cc1. The third-order valence-electron chi connectivity index (χ3n) is 20.9. The van der Waals surface area contributed by atoms with E-state index in [1.54, 1.807) is 84.3 Å². The number of halogens is 1. The number of carbonyl (C=O) groups excluding carboxylic acids is 10. The predicted octanol–water partition coefficient (Wildman–Crippen LogP) is 2.48. The zero-order valence-electron chi connectivity index (χ0n) is 65.5.